The van der Waals surface area contributed by atoms with Crippen molar-refractivity contribution in [2.24, 2.45) is 0 Å². The molecule has 0 heterocycles. The van der Waals surface area contributed by atoms with Gasteiger partial charge >= 0.3 is 0 Å². The van der Waals surface area contributed by atoms with Crippen molar-refractivity contribution >= 4 is 34.4 Å². The van der Waals surface area contributed by atoms with Gasteiger partial charge in [-0.25, -0.2) is 0 Å². The van der Waals surface area contributed by atoms with Crippen LogP contribution in [0.15, 0.2) is 48.5 Å². The minimum Gasteiger partial charge on any atom is -0.484 e. The van der Waals surface area contributed by atoms with Crippen LogP contribution in [0.1, 0.15) is 31.4 Å². The Labute approximate surface area is 180 Å². The Kier molecular flexibility index (Phi) is 8.76. The van der Waals surface area contributed by atoms with Gasteiger partial charge in [-0.2, -0.15) is 0 Å². The first kappa shape index (κ1) is 22.2. The zero-order chi connectivity index (χ0) is 20.5. The van der Waals surface area contributed by atoms with Gasteiger partial charge in [0.25, 0.3) is 5.91 Å². The van der Waals surface area contributed by atoms with E-state index in [1.807, 2.05) is 69.3 Å². The third-order valence-corrected chi connectivity index (χ3v) is 5.11. The molecule has 150 valence electrons. The molecular weight excluding hydrogens is 467 g/mol. The Morgan fingerprint density at radius 2 is 1.71 bits per heavy atom. The van der Waals surface area contributed by atoms with Gasteiger partial charge in [-0.3, -0.25) is 9.59 Å². The Bertz CT molecular complexity index is 775. The summed E-state index contributed by atoms with van der Waals surface area (Å²) in [5.74, 6) is 0.284. The molecule has 0 aromatic heterocycles. The maximum absolute atomic E-state index is 13.0. The number of benzene rings is 2. The molecule has 0 fully saturated rings. The number of ether oxygens (including phenoxy) is 1. The summed E-state index contributed by atoms with van der Waals surface area (Å²) >= 11 is 2.22. The second-order valence-corrected chi connectivity index (χ2v) is 7.81. The van der Waals surface area contributed by atoms with Crippen LogP contribution in [0.25, 0.3) is 0 Å². The highest BCUT2D eigenvalue weighted by molar-refractivity contribution is 14.1. The minimum absolute atomic E-state index is 0.109. The van der Waals surface area contributed by atoms with Gasteiger partial charge in [0, 0.05) is 16.7 Å². The number of nitrogens with zero attached hydrogens (tertiary/aromatic N) is 1. The molecule has 2 rings (SSSR count). The summed E-state index contributed by atoms with van der Waals surface area (Å²) in [6.07, 6.45) is 0.535. The number of carbonyl (C=O) groups excluding carboxylic acids is 2. The molecule has 28 heavy (non-hydrogen) atoms. The zero-order valence-electron chi connectivity index (χ0n) is 16.6. The van der Waals surface area contributed by atoms with Crippen LogP contribution in [-0.2, 0) is 16.1 Å². The fraction of sp³-hybridized carbons (Fsp3) is 0.364. The number of hydrogen-bond donors (Lipinski definition) is 1. The van der Waals surface area contributed by atoms with Crippen LogP contribution < -0.4 is 10.1 Å². The summed E-state index contributed by atoms with van der Waals surface area (Å²) in [5, 5.41) is 2.83. The van der Waals surface area contributed by atoms with Crippen molar-refractivity contribution < 1.29 is 14.3 Å². The van der Waals surface area contributed by atoms with E-state index in [-0.39, 0.29) is 18.4 Å². The lowest BCUT2D eigenvalue weighted by atomic mass is 10.1. The number of carbonyl (C=O) groups is 2. The van der Waals surface area contributed by atoms with Crippen LogP contribution in [0, 0.1) is 10.5 Å². The fourth-order valence-corrected chi connectivity index (χ4v) is 3.22. The van der Waals surface area contributed by atoms with Crippen LogP contribution in [0.5, 0.6) is 5.75 Å². The molecule has 2 aromatic carbocycles. The van der Waals surface area contributed by atoms with Crippen LogP contribution in [0.2, 0.25) is 0 Å². The molecule has 0 spiro atoms. The molecule has 0 aliphatic rings. The van der Waals surface area contributed by atoms with Crippen molar-refractivity contribution in [1.82, 2.24) is 10.2 Å². The molecular formula is C22H27IN2O3. The zero-order valence-corrected chi connectivity index (χ0v) is 18.7. The standard InChI is InChI=1S/C22H27IN2O3/c1-4-20(22(27)24-5-2)25(14-17-8-6-16(3)7-9-17)21(26)15-28-19-12-10-18(23)11-13-19/h6-13,20H,4-5,14-15H2,1-3H3,(H,24,27)/t20-/m0/s1. The predicted octanol–water partition coefficient (Wildman–Crippen LogP) is 3.92. The number of amides is 2. The monoisotopic (exact) mass is 494 g/mol. The van der Waals surface area contributed by atoms with Crippen molar-refractivity contribution in [2.45, 2.75) is 39.8 Å². The van der Waals surface area contributed by atoms with Gasteiger partial charge in [0.15, 0.2) is 6.61 Å². The van der Waals surface area contributed by atoms with Gasteiger partial charge in [0.05, 0.1) is 0 Å². The Morgan fingerprint density at radius 1 is 1.07 bits per heavy atom. The van der Waals surface area contributed by atoms with Crippen LogP contribution in [0.4, 0.5) is 0 Å². The summed E-state index contributed by atoms with van der Waals surface area (Å²) in [4.78, 5) is 27.1. The Balaban J connectivity index is 2.16. The van der Waals surface area contributed by atoms with E-state index in [2.05, 4.69) is 27.9 Å². The first-order valence-corrected chi connectivity index (χ1v) is 10.5. The molecule has 0 saturated heterocycles. The summed E-state index contributed by atoms with van der Waals surface area (Å²) in [7, 11) is 0. The van der Waals surface area contributed by atoms with Crippen LogP contribution in [-0.4, -0.2) is 35.9 Å². The lowest BCUT2D eigenvalue weighted by Crippen LogP contribution is -2.50. The lowest BCUT2D eigenvalue weighted by Gasteiger charge is -2.30. The molecule has 0 aliphatic carbocycles. The number of rotatable bonds is 9. The fourth-order valence-electron chi connectivity index (χ4n) is 2.86. The van der Waals surface area contributed by atoms with Crippen molar-refractivity contribution in [3.63, 3.8) is 0 Å². The van der Waals surface area contributed by atoms with Gasteiger partial charge in [0.1, 0.15) is 11.8 Å². The second-order valence-electron chi connectivity index (χ2n) is 6.57. The number of aryl methyl sites for hydroxylation is 1. The molecule has 0 saturated carbocycles. The van der Waals surface area contributed by atoms with Crippen molar-refractivity contribution in [1.29, 1.82) is 0 Å². The van der Waals surface area contributed by atoms with E-state index in [4.69, 9.17) is 4.74 Å². The number of halogens is 1. The van der Waals surface area contributed by atoms with Crippen LogP contribution in [0.3, 0.4) is 0 Å². The van der Waals surface area contributed by atoms with Crippen molar-refractivity contribution in [3.8, 4) is 5.75 Å². The first-order chi connectivity index (χ1) is 13.4. The molecule has 6 heteroatoms. The molecule has 0 unspecified atom stereocenters. The topological polar surface area (TPSA) is 58.6 Å². The SMILES string of the molecule is CCNC(=O)[C@H](CC)N(Cc1ccc(C)cc1)C(=O)COc1ccc(I)cc1. The molecule has 5 nitrogen and oxygen atoms in total. The van der Waals surface area contributed by atoms with Gasteiger partial charge in [-0.15, -0.1) is 0 Å². The highest BCUT2D eigenvalue weighted by atomic mass is 127. The van der Waals surface area contributed by atoms with Crippen molar-refractivity contribution in [2.75, 3.05) is 13.2 Å². The third-order valence-electron chi connectivity index (χ3n) is 4.39. The van der Waals surface area contributed by atoms with Gasteiger partial charge in [0.2, 0.25) is 5.91 Å². The number of hydrogen-bond acceptors (Lipinski definition) is 3. The molecule has 1 N–H and O–H groups in total. The first-order valence-electron chi connectivity index (χ1n) is 9.45. The lowest BCUT2D eigenvalue weighted by molar-refractivity contribution is -0.142. The number of nitrogens with one attached hydrogen (secondary N) is 1. The van der Waals surface area contributed by atoms with Gasteiger partial charge in [-0.1, -0.05) is 36.8 Å². The summed E-state index contributed by atoms with van der Waals surface area (Å²) in [6, 6.07) is 15.0. The molecule has 0 radical (unpaired) electrons. The molecule has 0 aliphatic heterocycles. The smallest absolute Gasteiger partial charge is 0.261 e. The van der Waals surface area contributed by atoms with Gasteiger partial charge in [-0.05, 0) is 72.7 Å². The average molecular weight is 494 g/mol. The summed E-state index contributed by atoms with van der Waals surface area (Å²) in [6.45, 7) is 6.59. The maximum atomic E-state index is 13.0. The summed E-state index contributed by atoms with van der Waals surface area (Å²) in [5.41, 5.74) is 2.13. The van der Waals surface area contributed by atoms with E-state index < -0.39 is 6.04 Å². The Morgan fingerprint density at radius 3 is 2.29 bits per heavy atom. The molecule has 2 aromatic rings. The minimum atomic E-state index is -0.533. The van der Waals surface area contributed by atoms with Crippen LogP contribution >= 0.6 is 22.6 Å². The normalized spacial score (nSPS) is 11.6. The summed E-state index contributed by atoms with van der Waals surface area (Å²) < 4.78 is 6.77. The molecule has 0 bridgehead atoms. The van der Waals surface area contributed by atoms with E-state index in [1.165, 1.54) is 0 Å². The average Bonchev–Trinajstić information content (AvgIpc) is 2.69. The third kappa shape index (κ3) is 6.51. The quantitative estimate of drug-likeness (QED) is 0.538. The maximum Gasteiger partial charge on any atom is 0.261 e. The molecule has 2 amide bonds. The second kappa shape index (κ2) is 11.0. The Hall–Kier alpha value is -2.09. The van der Waals surface area contributed by atoms with E-state index in [0.29, 0.717) is 25.3 Å². The molecule has 1 atom stereocenters. The highest BCUT2D eigenvalue weighted by Crippen LogP contribution is 2.16. The van der Waals surface area contributed by atoms with E-state index in [1.54, 1.807) is 4.90 Å². The van der Waals surface area contributed by atoms with Gasteiger partial charge < -0.3 is 15.0 Å². The van der Waals surface area contributed by atoms with E-state index in [9.17, 15) is 9.59 Å². The van der Waals surface area contributed by atoms with Crippen molar-refractivity contribution in [3.05, 3.63) is 63.2 Å². The number of likely N-dealkylation sites (N-methyl/N-ethyl adjacent to an activating group) is 1. The van der Waals surface area contributed by atoms with E-state index in [0.717, 1.165) is 14.7 Å². The largest absolute Gasteiger partial charge is 0.484 e. The predicted molar refractivity (Wildman–Crippen MR) is 119 cm³/mol. The van der Waals surface area contributed by atoms with E-state index >= 15 is 0 Å². The highest BCUT2D eigenvalue weighted by Gasteiger charge is 2.28.